The lowest BCUT2D eigenvalue weighted by Crippen LogP contribution is -2.24. The summed E-state index contributed by atoms with van der Waals surface area (Å²) >= 11 is 0. The van der Waals surface area contributed by atoms with Crippen LogP contribution in [0.1, 0.15) is 30.7 Å². The molecular formula is C13H14F3N3O. The lowest BCUT2D eigenvalue weighted by molar-refractivity contribution is -0.175. The minimum absolute atomic E-state index is 0.00917. The first-order chi connectivity index (χ1) is 9.50. The molecule has 0 radical (unpaired) electrons. The van der Waals surface area contributed by atoms with Crippen molar-refractivity contribution in [3.63, 3.8) is 0 Å². The van der Waals surface area contributed by atoms with Crippen LogP contribution >= 0.6 is 0 Å². The minimum Gasteiger partial charge on any atom is -0.353 e. The Balaban J connectivity index is 2.09. The maximum atomic E-state index is 12.6. The number of nitrogens with one attached hydrogen (secondary N) is 1. The van der Waals surface area contributed by atoms with Crippen molar-refractivity contribution >= 4 is 12.0 Å². The van der Waals surface area contributed by atoms with E-state index in [1.165, 1.54) is 6.33 Å². The SMILES string of the molecule is O=CNCc1cc(C2=CCC(C(F)(F)F)CC2)ncn1. The molecule has 0 spiro atoms. The Morgan fingerprint density at radius 1 is 1.40 bits per heavy atom. The molecule has 1 aromatic heterocycles. The highest BCUT2D eigenvalue weighted by molar-refractivity contribution is 5.63. The Morgan fingerprint density at radius 2 is 2.20 bits per heavy atom. The first-order valence-electron chi connectivity index (χ1n) is 6.25. The fourth-order valence-electron chi connectivity index (χ4n) is 2.18. The van der Waals surface area contributed by atoms with E-state index in [4.69, 9.17) is 0 Å². The number of halogens is 3. The first-order valence-corrected chi connectivity index (χ1v) is 6.25. The van der Waals surface area contributed by atoms with Gasteiger partial charge in [0.15, 0.2) is 0 Å². The van der Waals surface area contributed by atoms with Gasteiger partial charge in [-0.3, -0.25) is 4.79 Å². The maximum absolute atomic E-state index is 12.6. The van der Waals surface area contributed by atoms with Gasteiger partial charge in [-0.05, 0) is 30.9 Å². The van der Waals surface area contributed by atoms with Crippen molar-refractivity contribution < 1.29 is 18.0 Å². The van der Waals surface area contributed by atoms with Crippen LogP contribution in [-0.4, -0.2) is 22.6 Å². The minimum atomic E-state index is -4.13. The number of nitrogens with zero attached hydrogens (tertiary/aromatic N) is 2. The largest absolute Gasteiger partial charge is 0.392 e. The standard InChI is InChI=1S/C13H14F3N3O/c14-13(15,16)10-3-1-9(2-4-10)12-5-11(6-17-8-20)18-7-19-12/h1,5,7-8,10H,2-4,6H2,(H,17,20). The summed E-state index contributed by atoms with van der Waals surface area (Å²) in [6.45, 7) is 0.275. The van der Waals surface area contributed by atoms with E-state index in [2.05, 4.69) is 15.3 Å². The third kappa shape index (κ3) is 3.55. The van der Waals surface area contributed by atoms with Gasteiger partial charge in [0.05, 0.1) is 23.9 Å². The monoisotopic (exact) mass is 285 g/mol. The van der Waals surface area contributed by atoms with Crippen LogP contribution in [-0.2, 0) is 11.3 Å². The van der Waals surface area contributed by atoms with Crippen LogP contribution in [0.4, 0.5) is 13.2 Å². The average Bonchev–Trinajstić information content (AvgIpc) is 2.45. The van der Waals surface area contributed by atoms with Gasteiger partial charge in [-0.2, -0.15) is 13.2 Å². The summed E-state index contributed by atoms with van der Waals surface area (Å²) in [6.07, 6.45) is -0.190. The molecule has 1 aliphatic carbocycles. The second-order valence-electron chi connectivity index (χ2n) is 4.64. The zero-order valence-electron chi connectivity index (χ0n) is 10.7. The number of hydrogen-bond acceptors (Lipinski definition) is 3. The molecule has 7 heteroatoms. The molecule has 0 saturated heterocycles. The van der Waals surface area contributed by atoms with E-state index < -0.39 is 12.1 Å². The third-order valence-corrected chi connectivity index (χ3v) is 3.29. The Bertz CT molecular complexity index is 514. The third-order valence-electron chi connectivity index (χ3n) is 3.29. The van der Waals surface area contributed by atoms with E-state index in [1.54, 1.807) is 12.1 Å². The maximum Gasteiger partial charge on any atom is 0.392 e. The van der Waals surface area contributed by atoms with Crippen LogP contribution in [0.2, 0.25) is 0 Å². The van der Waals surface area contributed by atoms with Gasteiger partial charge in [0.1, 0.15) is 6.33 Å². The lowest BCUT2D eigenvalue weighted by atomic mass is 9.88. The molecule has 108 valence electrons. The second-order valence-corrected chi connectivity index (χ2v) is 4.64. The highest BCUT2D eigenvalue weighted by Gasteiger charge is 2.39. The molecule has 1 N–H and O–H groups in total. The fourth-order valence-corrected chi connectivity index (χ4v) is 2.18. The van der Waals surface area contributed by atoms with Gasteiger partial charge in [0, 0.05) is 0 Å². The molecule has 1 aliphatic rings. The van der Waals surface area contributed by atoms with Crippen molar-refractivity contribution in [2.24, 2.45) is 5.92 Å². The smallest absolute Gasteiger partial charge is 0.353 e. The van der Waals surface area contributed by atoms with Gasteiger partial charge in [-0.15, -0.1) is 0 Å². The number of rotatable bonds is 4. The molecule has 0 saturated carbocycles. The molecule has 0 fully saturated rings. The predicted octanol–water partition coefficient (Wildman–Crippen LogP) is 2.47. The first kappa shape index (κ1) is 14.5. The molecule has 1 atom stereocenters. The predicted molar refractivity (Wildman–Crippen MR) is 66.3 cm³/mol. The molecule has 2 rings (SSSR count). The van der Waals surface area contributed by atoms with Gasteiger partial charge < -0.3 is 5.32 Å². The van der Waals surface area contributed by atoms with E-state index in [0.29, 0.717) is 24.2 Å². The topological polar surface area (TPSA) is 54.9 Å². The zero-order chi connectivity index (χ0) is 14.6. The van der Waals surface area contributed by atoms with E-state index in [0.717, 1.165) is 5.57 Å². The molecule has 1 unspecified atom stereocenters. The molecule has 20 heavy (non-hydrogen) atoms. The Hall–Kier alpha value is -1.92. The van der Waals surface area contributed by atoms with Crippen LogP contribution in [0.3, 0.4) is 0 Å². The summed E-state index contributed by atoms with van der Waals surface area (Å²) in [5.74, 6) is -1.26. The molecule has 0 bridgehead atoms. The van der Waals surface area contributed by atoms with Gasteiger partial charge in [-0.1, -0.05) is 6.08 Å². The van der Waals surface area contributed by atoms with Crippen molar-refractivity contribution in [3.8, 4) is 0 Å². The Kier molecular flexibility index (Phi) is 4.36. The second kappa shape index (κ2) is 6.02. The van der Waals surface area contributed by atoms with Crippen LogP contribution in [0.25, 0.3) is 5.57 Å². The van der Waals surface area contributed by atoms with Crippen LogP contribution in [0, 0.1) is 5.92 Å². The zero-order valence-corrected chi connectivity index (χ0v) is 10.7. The highest BCUT2D eigenvalue weighted by Crippen LogP contribution is 2.38. The normalized spacial score (nSPS) is 19.4. The molecule has 1 amide bonds. The Morgan fingerprint density at radius 3 is 2.80 bits per heavy atom. The van der Waals surface area contributed by atoms with Crippen molar-refractivity contribution in [1.29, 1.82) is 0 Å². The van der Waals surface area contributed by atoms with E-state index in [1.807, 2.05) is 0 Å². The van der Waals surface area contributed by atoms with Crippen LogP contribution in [0.15, 0.2) is 18.5 Å². The van der Waals surface area contributed by atoms with Gasteiger partial charge >= 0.3 is 6.18 Å². The molecule has 1 heterocycles. The number of amides is 1. The summed E-state index contributed by atoms with van der Waals surface area (Å²) < 4.78 is 37.7. The summed E-state index contributed by atoms with van der Waals surface area (Å²) in [5.41, 5.74) is 2.06. The van der Waals surface area contributed by atoms with Gasteiger partial charge in [0.25, 0.3) is 0 Å². The summed E-state index contributed by atoms with van der Waals surface area (Å²) in [5, 5.41) is 2.48. The summed E-state index contributed by atoms with van der Waals surface area (Å²) in [6, 6.07) is 1.69. The molecule has 4 nitrogen and oxygen atoms in total. The number of aromatic nitrogens is 2. The van der Waals surface area contributed by atoms with Crippen LogP contribution in [0.5, 0.6) is 0 Å². The highest BCUT2D eigenvalue weighted by atomic mass is 19.4. The molecule has 1 aromatic rings. The Labute approximate surface area is 114 Å². The van der Waals surface area contributed by atoms with Crippen molar-refractivity contribution in [2.75, 3.05) is 0 Å². The number of alkyl halides is 3. The van der Waals surface area contributed by atoms with E-state index in [-0.39, 0.29) is 19.4 Å². The number of carbonyl (C=O) groups is 1. The number of hydrogen-bond donors (Lipinski definition) is 1. The average molecular weight is 285 g/mol. The van der Waals surface area contributed by atoms with Gasteiger partial charge in [-0.25, -0.2) is 9.97 Å². The van der Waals surface area contributed by atoms with Gasteiger partial charge in [0.2, 0.25) is 6.41 Å². The molecule has 0 aliphatic heterocycles. The number of carbonyl (C=O) groups excluding carboxylic acids is 1. The quantitative estimate of drug-likeness (QED) is 0.865. The van der Waals surface area contributed by atoms with E-state index in [9.17, 15) is 18.0 Å². The van der Waals surface area contributed by atoms with Crippen LogP contribution < -0.4 is 5.32 Å². The van der Waals surface area contributed by atoms with E-state index >= 15 is 0 Å². The van der Waals surface area contributed by atoms with Crippen molar-refractivity contribution in [3.05, 3.63) is 29.9 Å². The molecule has 0 aromatic carbocycles. The van der Waals surface area contributed by atoms with Crippen molar-refractivity contribution in [1.82, 2.24) is 15.3 Å². The summed E-state index contributed by atoms with van der Waals surface area (Å²) in [7, 11) is 0. The lowest BCUT2D eigenvalue weighted by Gasteiger charge is -2.23. The molecular weight excluding hydrogens is 271 g/mol. The summed E-state index contributed by atoms with van der Waals surface area (Å²) in [4.78, 5) is 18.3. The number of allylic oxidation sites excluding steroid dienone is 2. The van der Waals surface area contributed by atoms with Crippen molar-refractivity contribution in [2.45, 2.75) is 32.0 Å². The fraction of sp³-hybridized carbons (Fsp3) is 0.462.